The van der Waals surface area contributed by atoms with Crippen LogP contribution in [0.1, 0.15) is 216 Å². The van der Waals surface area contributed by atoms with E-state index in [1.54, 1.807) is 18.9 Å². The minimum absolute atomic E-state index is 0.0317. The number of aliphatic hydroxyl groups excluding tert-OH is 1. The average molecular weight is 1240 g/mol. The summed E-state index contributed by atoms with van der Waals surface area (Å²) in [5.41, 5.74) is 0. The summed E-state index contributed by atoms with van der Waals surface area (Å²) in [4.78, 5) is 161. The Bertz CT molecular complexity index is 2340. The van der Waals surface area contributed by atoms with Crippen LogP contribution in [0.4, 0.5) is 0 Å². The Morgan fingerprint density at radius 2 is 0.807 bits per heavy atom. The first-order valence-electron chi connectivity index (χ1n) is 34.0. The van der Waals surface area contributed by atoms with E-state index >= 15 is 33.6 Å². The molecule has 0 aromatic carbocycles. The average Bonchev–Trinajstić information content (AvgIpc) is 1.22. The highest BCUT2D eigenvalue weighted by molar-refractivity contribution is 5.99. The molecular formula is C67H116N10O11. The molecule has 0 bridgehead atoms. The van der Waals surface area contributed by atoms with Crippen molar-refractivity contribution in [2.24, 2.45) is 35.5 Å². The van der Waals surface area contributed by atoms with E-state index in [4.69, 9.17) is 0 Å². The van der Waals surface area contributed by atoms with Crippen LogP contribution in [0.25, 0.3) is 0 Å². The molecule has 88 heavy (non-hydrogen) atoms. The predicted molar refractivity (Wildman–Crippen MR) is 339 cm³/mol. The quantitative estimate of drug-likeness (QED) is 0.151. The number of likely N-dealkylation sites (tertiary alicyclic amines) is 1. The lowest BCUT2D eigenvalue weighted by Crippen LogP contribution is -2.63. The molecule has 10 atom stereocenters. The molecule has 0 aromatic heterocycles. The summed E-state index contributed by atoms with van der Waals surface area (Å²) in [6, 6.07) is -10.9. The zero-order valence-corrected chi connectivity index (χ0v) is 56.5. The van der Waals surface area contributed by atoms with Crippen LogP contribution in [-0.4, -0.2) is 214 Å². The molecule has 0 aromatic rings. The van der Waals surface area contributed by atoms with Crippen molar-refractivity contribution >= 4 is 59.1 Å². The second-order valence-electron chi connectivity index (χ2n) is 28.6. The van der Waals surface area contributed by atoms with Crippen LogP contribution in [0.2, 0.25) is 0 Å². The molecular weight excluding hydrogens is 1120 g/mol. The Balaban J connectivity index is 1.69. The third-order valence-corrected chi connectivity index (χ3v) is 20.1. The number of nitrogens with zero attached hydrogens (tertiary/aromatic N) is 7. The number of rotatable bonds is 14. The first-order valence-corrected chi connectivity index (χ1v) is 34.0. The van der Waals surface area contributed by atoms with Gasteiger partial charge in [-0.05, 0) is 107 Å². The molecule has 0 spiro atoms. The minimum Gasteiger partial charge on any atom is -0.391 e. The summed E-state index contributed by atoms with van der Waals surface area (Å²) >= 11 is 0. The van der Waals surface area contributed by atoms with Crippen molar-refractivity contribution in [1.29, 1.82) is 0 Å². The molecule has 500 valence electrons. The van der Waals surface area contributed by atoms with Gasteiger partial charge in [-0.25, -0.2) is 0 Å². The monoisotopic (exact) mass is 1240 g/mol. The van der Waals surface area contributed by atoms with Crippen LogP contribution in [0, 0.1) is 35.5 Å². The fourth-order valence-corrected chi connectivity index (χ4v) is 14.4. The van der Waals surface area contributed by atoms with Crippen molar-refractivity contribution in [3.8, 4) is 0 Å². The van der Waals surface area contributed by atoms with Gasteiger partial charge in [-0.1, -0.05) is 138 Å². The lowest BCUT2D eigenvalue weighted by molar-refractivity contribution is -0.153. The van der Waals surface area contributed by atoms with Gasteiger partial charge in [-0.3, -0.25) is 47.9 Å². The number of carbonyl (C=O) groups excluding carboxylic acids is 10. The normalized spacial score (nSPS) is 29.0. The molecule has 2 saturated heterocycles. The third kappa shape index (κ3) is 20.3. The largest absolute Gasteiger partial charge is 0.391 e. The summed E-state index contributed by atoms with van der Waals surface area (Å²) < 4.78 is 0. The Morgan fingerprint density at radius 3 is 1.27 bits per heavy atom. The molecule has 4 N–H and O–H groups in total. The standard InChI is InChI=1S/C67H116N10O11/c1-42(2)35-50-63(84)72(10)54(39-48-29-21-16-22-30-48)61(82)70-58(46(8)78)67(88)76(14)56(40-49-31-23-17-24-32-49)66(87)73(11)52(36-43(3)4)59(80)69-51(64(85)77-33-25-18-26-34-77)41-57(79)71(9)45(7)62(83)75(13)55(37-44(5)6)65(86)74(12)53(60(81)68-50)38-47-27-19-15-20-28-47/h42-56,58,78H,15-41H2,1-14H3,(H,68,81)(H,69,80)(H,70,82)/t45-,46-,50+,51+,52+,53+,54+,55+,56+,58+/m1/s1. The van der Waals surface area contributed by atoms with E-state index in [9.17, 15) is 19.5 Å². The molecule has 5 rings (SSSR count). The van der Waals surface area contributed by atoms with Crippen molar-refractivity contribution in [2.75, 3.05) is 55.4 Å². The molecule has 3 aliphatic carbocycles. The zero-order chi connectivity index (χ0) is 65.3. The Morgan fingerprint density at radius 1 is 0.432 bits per heavy atom. The fourth-order valence-electron chi connectivity index (χ4n) is 14.4. The second kappa shape index (κ2) is 34.7. The van der Waals surface area contributed by atoms with E-state index in [1.165, 1.54) is 71.6 Å². The highest BCUT2D eigenvalue weighted by atomic mass is 16.3. The summed E-state index contributed by atoms with van der Waals surface area (Å²) in [7, 11) is 9.05. The fraction of sp³-hybridized carbons (Fsp3) is 0.851. The Kier molecular flexibility index (Phi) is 29.0. The van der Waals surface area contributed by atoms with E-state index in [1.807, 2.05) is 41.5 Å². The number of hydrogen-bond donors (Lipinski definition) is 4. The molecule has 2 heterocycles. The molecule has 5 aliphatic rings. The van der Waals surface area contributed by atoms with Gasteiger partial charge in [0.15, 0.2) is 0 Å². The van der Waals surface area contributed by atoms with Gasteiger partial charge < -0.3 is 55.4 Å². The number of carbonyl (C=O) groups is 10. The van der Waals surface area contributed by atoms with E-state index < -0.39 is 126 Å². The summed E-state index contributed by atoms with van der Waals surface area (Å²) in [6.07, 6.45) is 15.4. The third-order valence-electron chi connectivity index (χ3n) is 20.1. The molecule has 3 saturated carbocycles. The highest BCUT2D eigenvalue weighted by Crippen LogP contribution is 2.33. The number of piperidine rings is 1. The highest BCUT2D eigenvalue weighted by Gasteiger charge is 2.45. The Hall–Kier alpha value is -5.34. The van der Waals surface area contributed by atoms with Gasteiger partial charge in [0, 0.05) is 55.4 Å². The number of amides is 10. The van der Waals surface area contributed by atoms with Gasteiger partial charge in [-0.2, -0.15) is 0 Å². The number of hydrogen-bond acceptors (Lipinski definition) is 11. The smallest absolute Gasteiger partial charge is 0.248 e. The van der Waals surface area contributed by atoms with Crippen LogP contribution in [0.15, 0.2) is 0 Å². The van der Waals surface area contributed by atoms with Crippen LogP contribution >= 0.6 is 0 Å². The first kappa shape index (κ1) is 73.4. The van der Waals surface area contributed by atoms with E-state index in [-0.39, 0.29) is 67.6 Å². The van der Waals surface area contributed by atoms with Crippen LogP contribution in [0.3, 0.4) is 0 Å². The maximum Gasteiger partial charge on any atom is 0.248 e. The van der Waals surface area contributed by atoms with Gasteiger partial charge in [0.25, 0.3) is 0 Å². The lowest BCUT2D eigenvalue weighted by Gasteiger charge is -2.40. The molecule has 2 aliphatic heterocycles. The zero-order valence-electron chi connectivity index (χ0n) is 56.5. The number of aliphatic hydroxyl groups is 1. The lowest BCUT2D eigenvalue weighted by atomic mass is 9.83. The molecule has 5 fully saturated rings. The maximum atomic E-state index is 15.5. The predicted octanol–water partition coefficient (Wildman–Crippen LogP) is 6.27. The van der Waals surface area contributed by atoms with Crippen molar-refractivity contribution in [1.82, 2.24) is 50.2 Å². The van der Waals surface area contributed by atoms with Crippen molar-refractivity contribution in [2.45, 2.75) is 276 Å². The van der Waals surface area contributed by atoms with Gasteiger partial charge in [0.2, 0.25) is 59.1 Å². The molecule has 21 heteroatoms. The first-order chi connectivity index (χ1) is 41.5. The number of likely N-dealkylation sites (N-methyl/N-ethyl adjacent to an activating group) is 6. The maximum absolute atomic E-state index is 15.5. The van der Waals surface area contributed by atoms with Gasteiger partial charge in [0.1, 0.15) is 54.4 Å². The van der Waals surface area contributed by atoms with E-state index in [0.717, 1.165) is 116 Å². The molecule has 21 nitrogen and oxygen atoms in total. The van der Waals surface area contributed by atoms with Crippen LogP contribution < -0.4 is 16.0 Å². The summed E-state index contributed by atoms with van der Waals surface area (Å²) in [5, 5.41) is 20.5. The van der Waals surface area contributed by atoms with Crippen molar-refractivity contribution in [3.05, 3.63) is 0 Å². The Labute approximate surface area is 527 Å². The van der Waals surface area contributed by atoms with Crippen LogP contribution in [0.5, 0.6) is 0 Å². The number of nitrogens with one attached hydrogen (secondary N) is 3. The van der Waals surface area contributed by atoms with Crippen LogP contribution in [-0.2, 0) is 47.9 Å². The van der Waals surface area contributed by atoms with E-state index in [2.05, 4.69) is 16.0 Å². The van der Waals surface area contributed by atoms with Crippen molar-refractivity contribution in [3.63, 3.8) is 0 Å². The summed E-state index contributed by atoms with van der Waals surface area (Å²) in [6.45, 7) is 15.3. The van der Waals surface area contributed by atoms with Gasteiger partial charge >= 0.3 is 0 Å². The summed E-state index contributed by atoms with van der Waals surface area (Å²) in [5.74, 6) is -6.12. The van der Waals surface area contributed by atoms with Gasteiger partial charge in [0.05, 0.1) is 12.5 Å². The van der Waals surface area contributed by atoms with E-state index in [0.29, 0.717) is 19.5 Å². The SMILES string of the molecule is CC(C)C[C@@H]1NC(=O)[C@H](CC2CCCCC2)N(C)C(=O)[C@H](CC(C)C)N(C)C(=O)[C@@H](C)N(C)C(=O)C[C@@H](C(=O)N2CCCCC2)NC(=O)[C@H](CC(C)C)N(C)C(=O)[C@H](CC2CCCCC2)N(C)C(=O)[C@H]([C@@H](C)O)NC(=O)[C@H](CC2CCCCC2)N(C)C1=O. The second-order valence-corrected chi connectivity index (χ2v) is 28.6. The minimum atomic E-state index is -1.57. The molecule has 10 amide bonds. The topological polar surface area (TPSA) is 250 Å². The molecule has 0 unspecified atom stereocenters. The van der Waals surface area contributed by atoms with Gasteiger partial charge in [-0.15, -0.1) is 0 Å². The molecule has 0 radical (unpaired) electrons. The van der Waals surface area contributed by atoms with Crippen molar-refractivity contribution < 1.29 is 53.1 Å².